The van der Waals surface area contributed by atoms with Crippen molar-refractivity contribution in [3.05, 3.63) is 35.9 Å². The van der Waals surface area contributed by atoms with Crippen molar-refractivity contribution in [2.75, 3.05) is 33.4 Å². The van der Waals surface area contributed by atoms with Gasteiger partial charge in [0.25, 0.3) is 0 Å². The summed E-state index contributed by atoms with van der Waals surface area (Å²) in [6.07, 6.45) is 3.40. The number of nitrogens with zero attached hydrogens (tertiary/aromatic N) is 2. The van der Waals surface area contributed by atoms with Gasteiger partial charge in [0.15, 0.2) is 5.96 Å². The zero-order chi connectivity index (χ0) is 19.5. The molecule has 0 bridgehead atoms. The summed E-state index contributed by atoms with van der Waals surface area (Å²) in [5.41, 5.74) is 1.39. The first kappa shape index (κ1) is 21.7. The smallest absolute Gasteiger partial charge is 0.191 e. The fourth-order valence-corrected chi connectivity index (χ4v) is 3.46. The maximum Gasteiger partial charge on any atom is 0.191 e. The Balaban J connectivity index is 1.66. The number of hydrogen-bond donors (Lipinski definition) is 2. The van der Waals surface area contributed by atoms with Crippen molar-refractivity contribution >= 4 is 5.96 Å². The number of ether oxygens (including phenoxy) is 1. The Hall–Kier alpha value is -1.59. The highest BCUT2D eigenvalue weighted by Gasteiger charge is 2.25. The summed E-state index contributed by atoms with van der Waals surface area (Å²) in [6.45, 7) is 11.3. The highest BCUT2D eigenvalue weighted by atomic mass is 16.5. The van der Waals surface area contributed by atoms with Gasteiger partial charge in [-0.05, 0) is 37.7 Å². The molecule has 2 atom stereocenters. The van der Waals surface area contributed by atoms with Crippen LogP contribution < -0.4 is 10.6 Å². The first-order chi connectivity index (χ1) is 13.1. The molecule has 0 aromatic heterocycles. The van der Waals surface area contributed by atoms with Gasteiger partial charge in [-0.3, -0.25) is 9.89 Å². The van der Waals surface area contributed by atoms with Gasteiger partial charge in [0.2, 0.25) is 0 Å². The number of rotatable bonds is 9. The number of hydrogen-bond acceptors (Lipinski definition) is 3. The maximum absolute atomic E-state index is 5.67. The van der Waals surface area contributed by atoms with Crippen molar-refractivity contribution in [3.8, 4) is 0 Å². The summed E-state index contributed by atoms with van der Waals surface area (Å²) in [5.74, 6) is 1.58. The summed E-state index contributed by atoms with van der Waals surface area (Å²) in [4.78, 5) is 6.94. The monoisotopic (exact) mass is 374 g/mol. The van der Waals surface area contributed by atoms with Crippen molar-refractivity contribution in [2.24, 2.45) is 10.9 Å². The van der Waals surface area contributed by atoms with Crippen LogP contribution in [-0.2, 0) is 11.3 Å². The standard InChI is InChI=1S/C22H38N4O/c1-18(2)11-14-27-15-12-24-22(23-4)25-21-10-13-26(19(3)16-21)17-20-8-6-5-7-9-20/h5-9,18-19,21H,10-17H2,1-4H3,(H2,23,24,25). The Bertz CT molecular complexity index is 547. The number of piperidine rings is 1. The molecule has 0 saturated carbocycles. The Labute approximate surface area is 165 Å². The van der Waals surface area contributed by atoms with E-state index in [0.717, 1.165) is 58.1 Å². The van der Waals surface area contributed by atoms with E-state index in [0.29, 0.717) is 18.0 Å². The number of nitrogens with one attached hydrogen (secondary N) is 2. The molecule has 1 fully saturated rings. The molecule has 5 heteroatoms. The van der Waals surface area contributed by atoms with Gasteiger partial charge in [-0.15, -0.1) is 0 Å². The van der Waals surface area contributed by atoms with Crippen LogP contribution in [0.25, 0.3) is 0 Å². The molecule has 27 heavy (non-hydrogen) atoms. The maximum atomic E-state index is 5.67. The second-order valence-electron chi connectivity index (χ2n) is 7.96. The summed E-state index contributed by atoms with van der Waals surface area (Å²) in [7, 11) is 1.84. The first-order valence-corrected chi connectivity index (χ1v) is 10.4. The van der Waals surface area contributed by atoms with Crippen molar-refractivity contribution in [2.45, 2.75) is 58.7 Å². The first-order valence-electron chi connectivity index (χ1n) is 10.4. The number of guanidine groups is 1. The predicted molar refractivity (Wildman–Crippen MR) is 114 cm³/mol. The van der Waals surface area contributed by atoms with Crippen LogP contribution in [-0.4, -0.2) is 56.3 Å². The van der Waals surface area contributed by atoms with Gasteiger partial charge < -0.3 is 15.4 Å². The topological polar surface area (TPSA) is 48.9 Å². The highest BCUT2D eigenvalue weighted by Crippen LogP contribution is 2.19. The predicted octanol–water partition coefficient (Wildman–Crippen LogP) is 3.27. The quantitative estimate of drug-likeness (QED) is 0.396. The Morgan fingerprint density at radius 3 is 2.70 bits per heavy atom. The van der Waals surface area contributed by atoms with E-state index >= 15 is 0 Å². The van der Waals surface area contributed by atoms with Gasteiger partial charge in [0.05, 0.1) is 6.61 Å². The third-order valence-electron chi connectivity index (χ3n) is 5.19. The molecule has 0 spiro atoms. The molecule has 152 valence electrons. The van der Waals surface area contributed by atoms with Crippen molar-refractivity contribution in [3.63, 3.8) is 0 Å². The lowest BCUT2D eigenvalue weighted by Crippen LogP contribution is -2.51. The van der Waals surface area contributed by atoms with Crippen LogP contribution in [0.4, 0.5) is 0 Å². The molecular formula is C22H38N4O. The molecule has 1 saturated heterocycles. The van der Waals surface area contributed by atoms with Crippen LogP contribution >= 0.6 is 0 Å². The molecule has 0 radical (unpaired) electrons. The minimum Gasteiger partial charge on any atom is -0.380 e. The van der Waals surface area contributed by atoms with E-state index in [4.69, 9.17) is 4.74 Å². The minimum atomic E-state index is 0.472. The summed E-state index contributed by atoms with van der Waals surface area (Å²) in [5, 5.41) is 6.96. The fraction of sp³-hybridized carbons (Fsp3) is 0.682. The van der Waals surface area contributed by atoms with Gasteiger partial charge in [-0.25, -0.2) is 0 Å². The van der Waals surface area contributed by atoms with Crippen LogP contribution in [0.3, 0.4) is 0 Å². The third-order valence-corrected chi connectivity index (χ3v) is 5.19. The molecule has 5 nitrogen and oxygen atoms in total. The van der Waals surface area contributed by atoms with Crippen LogP contribution in [0, 0.1) is 5.92 Å². The minimum absolute atomic E-state index is 0.472. The average molecular weight is 375 g/mol. The van der Waals surface area contributed by atoms with Gasteiger partial charge in [0, 0.05) is 45.4 Å². The molecule has 0 aliphatic carbocycles. The lowest BCUT2D eigenvalue weighted by molar-refractivity contribution is 0.126. The highest BCUT2D eigenvalue weighted by molar-refractivity contribution is 5.79. The van der Waals surface area contributed by atoms with Gasteiger partial charge in [-0.1, -0.05) is 44.2 Å². The van der Waals surface area contributed by atoms with E-state index in [2.05, 4.69) is 71.6 Å². The Morgan fingerprint density at radius 2 is 2.04 bits per heavy atom. The van der Waals surface area contributed by atoms with Crippen LogP contribution in [0.15, 0.2) is 35.3 Å². The van der Waals surface area contributed by atoms with Gasteiger partial charge >= 0.3 is 0 Å². The molecule has 1 aliphatic heterocycles. The lowest BCUT2D eigenvalue weighted by atomic mass is 9.97. The van der Waals surface area contributed by atoms with E-state index < -0.39 is 0 Å². The van der Waals surface area contributed by atoms with Crippen LogP contribution in [0.1, 0.15) is 45.6 Å². The van der Waals surface area contributed by atoms with Crippen molar-refractivity contribution in [1.29, 1.82) is 0 Å². The third kappa shape index (κ3) is 8.31. The van der Waals surface area contributed by atoms with Gasteiger partial charge in [-0.2, -0.15) is 0 Å². The molecule has 1 aromatic carbocycles. The van der Waals surface area contributed by atoms with E-state index in [-0.39, 0.29) is 0 Å². The molecular weight excluding hydrogens is 336 g/mol. The second kappa shape index (κ2) is 12.0. The summed E-state index contributed by atoms with van der Waals surface area (Å²) < 4.78 is 5.67. The fourth-order valence-electron chi connectivity index (χ4n) is 3.46. The molecule has 0 amide bonds. The molecule has 1 aromatic rings. The zero-order valence-electron chi connectivity index (χ0n) is 17.6. The zero-order valence-corrected chi connectivity index (χ0v) is 17.6. The van der Waals surface area contributed by atoms with E-state index in [9.17, 15) is 0 Å². The molecule has 2 N–H and O–H groups in total. The van der Waals surface area contributed by atoms with Crippen LogP contribution in [0.2, 0.25) is 0 Å². The molecule has 1 aliphatic rings. The van der Waals surface area contributed by atoms with E-state index in [1.165, 1.54) is 5.56 Å². The van der Waals surface area contributed by atoms with Crippen molar-refractivity contribution in [1.82, 2.24) is 15.5 Å². The Kier molecular flexibility index (Phi) is 9.64. The SMILES string of the molecule is CN=C(NCCOCCC(C)C)NC1CCN(Cc2ccccc2)C(C)C1. The number of benzene rings is 1. The molecule has 2 unspecified atom stereocenters. The van der Waals surface area contributed by atoms with Gasteiger partial charge in [0.1, 0.15) is 0 Å². The summed E-state index contributed by atoms with van der Waals surface area (Å²) in [6, 6.07) is 11.8. The molecule has 2 rings (SSSR count). The number of likely N-dealkylation sites (tertiary alicyclic amines) is 1. The lowest BCUT2D eigenvalue weighted by Gasteiger charge is -2.38. The second-order valence-corrected chi connectivity index (χ2v) is 7.96. The Morgan fingerprint density at radius 1 is 1.26 bits per heavy atom. The van der Waals surface area contributed by atoms with E-state index in [1.54, 1.807) is 0 Å². The summed E-state index contributed by atoms with van der Waals surface area (Å²) >= 11 is 0. The van der Waals surface area contributed by atoms with Crippen molar-refractivity contribution < 1.29 is 4.74 Å². The van der Waals surface area contributed by atoms with Crippen LogP contribution in [0.5, 0.6) is 0 Å². The molecule has 1 heterocycles. The average Bonchev–Trinajstić information content (AvgIpc) is 2.66. The largest absolute Gasteiger partial charge is 0.380 e. The number of aliphatic imine (C=N–C) groups is 1. The van der Waals surface area contributed by atoms with E-state index in [1.807, 2.05) is 7.05 Å². The normalized spacial score (nSPS) is 21.4.